The first-order valence-corrected chi connectivity index (χ1v) is 13.7. The molecule has 1 aromatic heterocycles. The molecule has 0 saturated carbocycles. The van der Waals surface area contributed by atoms with E-state index in [1.807, 2.05) is 0 Å². The highest BCUT2D eigenvalue weighted by Crippen LogP contribution is 2.42. The van der Waals surface area contributed by atoms with E-state index in [4.69, 9.17) is 16.0 Å². The Morgan fingerprint density at radius 1 is 1.18 bits per heavy atom. The summed E-state index contributed by atoms with van der Waals surface area (Å²) in [6.45, 7) is 1.58. The van der Waals surface area contributed by atoms with Crippen molar-refractivity contribution in [3.05, 3.63) is 104 Å². The molecule has 2 amide bonds. The highest BCUT2D eigenvalue weighted by atomic mass is 79.9. The zero-order valence-electron chi connectivity index (χ0n) is 20.5. The van der Waals surface area contributed by atoms with Gasteiger partial charge in [-0.25, -0.2) is 0 Å². The van der Waals surface area contributed by atoms with Crippen LogP contribution in [0.25, 0.3) is 0 Å². The van der Waals surface area contributed by atoms with Crippen LogP contribution in [0.2, 0.25) is 5.02 Å². The molecule has 1 aliphatic heterocycles. The molecular formula is C27H19BrClF3N4O3S. The van der Waals surface area contributed by atoms with Crippen molar-refractivity contribution in [2.75, 3.05) is 16.4 Å². The van der Waals surface area contributed by atoms with Crippen LogP contribution in [0.15, 0.2) is 91.6 Å². The van der Waals surface area contributed by atoms with E-state index in [1.54, 1.807) is 43.3 Å². The third-order valence-electron chi connectivity index (χ3n) is 5.74. The summed E-state index contributed by atoms with van der Waals surface area (Å²) in [5.41, 5.74) is -0.174. The maximum absolute atomic E-state index is 13.5. The lowest BCUT2D eigenvalue weighted by atomic mass is 9.85. The number of nitrogens with one attached hydrogen (secondary N) is 3. The summed E-state index contributed by atoms with van der Waals surface area (Å²) < 4.78 is 46.1. The summed E-state index contributed by atoms with van der Waals surface area (Å²) in [5, 5.41) is 18.5. The molecule has 4 rings (SSSR count). The first-order chi connectivity index (χ1) is 19.0. The quantitative estimate of drug-likeness (QED) is 0.246. The minimum atomic E-state index is -4.64. The highest BCUT2D eigenvalue weighted by Gasteiger charge is 2.37. The van der Waals surface area contributed by atoms with Crippen LogP contribution in [0.1, 0.15) is 24.2 Å². The smallest absolute Gasteiger partial charge is 0.416 e. The van der Waals surface area contributed by atoms with Crippen molar-refractivity contribution < 1.29 is 27.2 Å². The number of hydrogen-bond acceptors (Lipinski definition) is 6. The molecule has 13 heteroatoms. The minimum absolute atomic E-state index is 0.0450. The number of carbonyl (C=O) groups excluding carboxylic acids is 2. The lowest BCUT2D eigenvalue weighted by molar-refractivity contribution is -0.137. The third-order valence-corrected chi connectivity index (χ3v) is 7.61. The number of hydrogen-bond donors (Lipinski definition) is 3. The third kappa shape index (κ3) is 6.72. The number of furan rings is 1. The Labute approximate surface area is 244 Å². The Balaban J connectivity index is 1.60. The Morgan fingerprint density at radius 3 is 2.52 bits per heavy atom. The Bertz CT molecular complexity index is 1550. The number of anilines is 2. The lowest BCUT2D eigenvalue weighted by Gasteiger charge is -2.28. The van der Waals surface area contributed by atoms with Crippen molar-refractivity contribution in [1.82, 2.24) is 5.32 Å². The predicted octanol–water partition coefficient (Wildman–Crippen LogP) is 7.42. The molecular weight excluding hydrogens is 633 g/mol. The molecule has 0 fully saturated rings. The summed E-state index contributed by atoms with van der Waals surface area (Å²) in [7, 11) is 0. The van der Waals surface area contributed by atoms with E-state index in [-0.39, 0.29) is 39.3 Å². The lowest BCUT2D eigenvalue weighted by Crippen LogP contribution is -2.31. The number of amides is 2. The van der Waals surface area contributed by atoms with E-state index >= 15 is 0 Å². The van der Waals surface area contributed by atoms with Gasteiger partial charge in [0, 0.05) is 15.9 Å². The SMILES string of the molecule is CC1=C(C(=O)Nc2cc(C(F)(F)F)ccc2Cl)[C@H](c2ccco2)C(C#N)=C(SCC(=O)Nc2ccc(Br)cc2)N1. The number of dihydropyridines is 1. The van der Waals surface area contributed by atoms with Crippen LogP contribution in [0, 0.1) is 11.3 Å². The molecule has 0 saturated heterocycles. The van der Waals surface area contributed by atoms with Crippen LogP contribution in [0.3, 0.4) is 0 Å². The van der Waals surface area contributed by atoms with E-state index in [0.717, 1.165) is 34.4 Å². The standard InChI is InChI=1S/C27H19BrClF3N4O3S/c1-14-23(25(38)36-20-11-15(27(30,31)32)4-9-19(20)29)24(21-3-2-10-39-21)18(12-33)26(34-14)40-13-22(37)35-17-7-5-16(28)6-8-17/h2-11,24,34H,13H2,1H3,(H,35,37)(H,36,38)/t24-/m0/s1. The van der Waals surface area contributed by atoms with Gasteiger partial charge in [0.15, 0.2) is 0 Å². The number of thioether (sulfide) groups is 1. The molecule has 0 aliphatic carbocycles. The minimum Gasteiger partial charge on any atom is -0.468 e. The van der Waals surface area contributed by atoms with Gasteiger partial charge >= 0.3 is 6.18 Å². The molecule has 3 aromatic rings. The Hall–Kier alpha value is -3.66. The monoisotopic (exact) mass is 650 g/mol. The largest absolute Gasteiger partial charge is 0.468 e. The van der Waals surface area contributed by atoms with Crippen molar-refractivity contribution in [2.45, 2.75) is 19.0 Å². The second kappa shape index (κ2) is 12.2. The number of carbonyl (C=O) groups is 2. The van der Waals surface area contributed by atoms with Gasteiger partial charge in [0.25, 0.3) is 5.91 Å². The van der Waals surface area contributed by atoms with Crippen LogP contribution in [-0.4, -0.2) is 17.6 Å². The van der Waals surface area contributed by atoms with E-state index in [9.17, 15) is 28.0 Å². The molecule has 40 heavy (non-hydrogen) atoms. The predicted molar refractivity (Wildman–Crippen MR) is 150 cm³/mol. The summed E-state index contributed by atoms with van der Waals surface area (Å²) >= 11 is 10.5. The number of nitriles is 1. The van der Waals surface area contributed by atoms with E-state index < -0.39 is 23.6 Å². The molecule has 3 N–H and O–H groups in total. The number of alkyl halides is 3. The van der Waals surface area contributed by atoms with Crippen LogP contribution >= 0.6 is 39.3 Å². The molecule has 2 heterocycles. The van der Waals surface area contributed by atoms with Gasteiger partial charge in [0.2, 0.25) is 5.91 Å². The number of allylic oxidation sites excluding steroid dienone is 2. The Morgan fingerprint density at radius 2 is 1.90 bits per heavy atom. The molecule has 2 aromatic carbocycles. The second-order valence-corrected chi connectivity index (χ2v) is 10.8. The normalized spacial score (nSPS) is 15.4. The van der Waals surface area contributed by atoms with Crippen molar-refractivity contribution in [2.24, 2.45) is 0 Å². The summed E-state index contributed by atoms with van der Waals surface area (Å²) in [5.74, 6) is -1.89. The highest BCUT2D eigenvalue weighted by molar-refractivity contribution is 9.10. The van der Waals surface area contributed by atoms with Gasteiger partial charge in [0.1, 0.15) is 5.76 Å². The molecule has 0 bridgehead atoms. The summed E-state index contributed by atoms with van der Waals surface area (Å²) in [6.07, 6.45) is -3.27. The van der Waals surface area contributed by atoms with Crippen molar-refractivity contribution in [1.29, 1.82) is 5.26 Å². The maximum Gasteiger partial charge on any atom is 0.416 e. The van der Waals surface area contributed by atoms with Crippen LogP contribution < -0.4 is 16.0 Å². The van der Waals surface area contributed by atoms with Gasteiger partial charge in [-0.3, -0.25) is 9.59 Å². The maximum atomic E-state index is 13.5. The van der Waals surface area contributed by atoms with E-state index in [0.29, 0.717) is 16.4 Å². The van der Waals surface area contributed by atoms with Gasteiger partial charge in [-0.2, -0.15) is 18.4 Å². The fourth-order valence-electron chi connectivity index (χ4n) is 3.92. The molecule has 0 unspecified atom stereocenters. The zero-order valence-corrected chi connectivity index (χ0v) is 23.7. The van der Waals surface area contributed by atoms with Gasteiger partial charge in [-0.1, -0.05) is 39.3 Å². The number of rotatable bonds is 7. The molecule has 1 atom stereocenters. The molecule has 206 valence electrons. The van der Waals surface area contributed by atoms with Crippen LogP contribution in [0.5, 0.6) is 0 Å². The topological polar surface area (TPSA) is 107 Å². The average molecular weight is 652 g/mol. The summed E-state index contributed by atoms with van der Waals surface area (Å²) in [4.78, 5) is 26.0. The van der Waals surface area contributed by atoms with Gasteiger partial charge in [-0.15, -0.1) is 0 Å². The van der Waals surface area contributed by atoms with Crippen LogP contribution in [0.4, 0.5) is 24.5 Å². The average Bonchev–Trinajstić information content (AvgIpc) is 3.43. The zero-order chi connectivity index (χ0) is 29.0. The Kier molecular flexibility index (Phi) is 8.98. The molecule has 0 radical (unpaired) electrons. The molecule has 7 nitrogen and oxygen atoms in total. The number of halogens is 5. The van der Waals surface area contributed by atoms with Gasteiger partial charge in [-0.05, 0) is 61.5 Å². The molecule has 0 spiro atoms. The second-order valence-electron chi connectivity index (χ2n) is 8.46. The summed E-state index contributed by atoms with van der Waals surface area (Å²) in [6, 6.07) is 14.9. The first kappa shape index (κ1) is 29.3. The molecule has 1 aliphatic rings. The van der Waals surface area contributed by atoms with Crippen LogP contribution in [-0.2, 0) is 15.8 Å². The number of benzene rings is 2. The van der Waals surface area contributed by atoms with Crippen molar-refractivity contribution >= 4 is 62.5 Å². The first-order valence-electron chi connectivity index (χ1n) is 11.5. The van der Waals surface area contributed by atoms with E-state index in [2.05, 4.69) is 37.9 Å². The van der Waals surface area contributed by atoms with Crippen molar-refractivity contribution in [3.63, 3.8) is 0 Å². The number of nitrogens with zero attached hydrogens (tertiary/aromatic N) is 1. The fourth-order valence-corrected chi connectivity index (χ4v) is 5.24. The van der Waals surface area contributed by atoms with Gasteiger partial charge < -0.3 is 20.4 Å². The van der Waals surface area contributed by atoms with Gasteiger partial charge in [0.05, 0.1) is 56.5 Å². The van der Waals surface area contributed by atoms with Crippen molar-refractivity contribution in [3.8, 4) is 6.07 Å². The van der Waals surface area contributed by atoms with E-state index in [1.165, 1.54) is 6.26 Å². The fraction of sp³-hybridized carbons (Fsp3) is 0.148.